The van der Waals surface area contributed by atoms with Crippen molar-refractivity contribution in [1.29, 1.82) is 0 Å². The van der Waals surface area contributed by atoms with Crippen molar-refractivity contribution in [3.05, 3.63) is 82.1 Å². The van der Waals surface area contributed by atoms with Gasteiger partial charge in [0, 0.05) is 69.0 Å². The first-order valence-electron chi connectivity index (χ1n) is 13.1. The minimum Gasteiger partial charge on any atom is -0.348 e. The van der Waals surface area contributed by atoms with E-state index in [1.807, 2.05) is 31.2 Å². The molecular weight excluding hydrogens is 526 g/mol. The second-order valence-corrected chi connectivity index (χ2v) is 10.8. The number of para-hydroxylation sites is 2. The Morgan fingerprint density at radius 1 is 1.00 bits per heavy atom. The Morgan fingerprint density at radius 3 is 2.50 bits per heavy atom. The summed E-state index contributed by atoms with van der Waals surface area (Å²) >= 11 is 1.28. The second kappa shape index (κ2) is 11.9. The fraction of sp³-hybridized carbons (Fsp3) is 0.310. The molecule has 1 saturated heterocycles. The van der Waals surface area contributed by atoms with E-state index in [-0.39, 0.29) is 17.7 Å². The van der Waals surface area contributed by atoms with Crippen molar-refractivity contribution < 1.29 is 14.4 Å². The number of piperazine rings is 1. The predicted molar refractivity (Wildman–Crippen MR) is 155 cm³/mol. The monoisotopic (exact) mass is 557 g/mol. The highest BCUT2D eigenvalue weighted by Gasteiger charge is 2.24. The molecular formula is C29H31N7O3S. The van der Waals surface area contributed by atoms with E-state index in [2.05, 4.69) is 24.6 Å². The molecule has 11 heteroatoms. The van der Waals surface area contributed by atoms with Crippen LogP contribution in [-0.4, -0.2) is 93.6 Å². The van der Waals surface area contributed by atoms with Gasteiger partial charge in [0.25, 0.3) is 11.8 Å². The average molecular weight is 558 g/mol. The zero-order valence-electron chi connectivity index (χ0n) is 22.8. The van der Waals surface area contributed by atoms with Gasteiger partial charge in [0.2, 0.25) is 5.91 Å². The lowest BCUT2D eigenvalue weighted by Crippen LogP contribution is -2.51. The molecule has 1 N–H and O–H groups in total. The Kier molecular flexibility index (Phi) is 8.13. The highest BCUT2D eigenvalue weighted by Crippen LogP contribution is 2.24. The molecule has 3 heterocycles. The SMILES string of the molecule is Cc1nsc(Cc2cnc3ccccc3n2)c1C(=O)Nc1cccc(C(=O)N2CCN(CC(=O)N(C)C)CC2)c1. The standard InChI is InChI=1S/C29H31N7O3S/c1-19-27(25(40-33-19)16-22-17-30-23-9-4-5-10-24(23)31-22)28(38)32-21-8-6-7-20(15-21)29(39)36-13-11-35(12-14-36)18-26(37)34(2)3/h4-10,15,17H,11-14,16,18H2,1-3H3,(H,32,38). The molecule has 0 spiro atoms. The molecule has 40 heavy (non-hydrogen) atoms. The zero-order valence-corrected chi connectivity index (χ0v) is 23.6. The average Bonchev–Trinajstić information content (AvgIpc) is 3.32. The lowest BCUT2D eigenvalue weighted by molar-refractivity contribution is -0.130. The normalized spacial score (nSPS) is 13.8. The summed E-state index contributed by atoms with van der Waals surface area (Å²) in [6.07, 6.45) is 2.17. The summed E-state index contributed by atoms with van der Waals surface area (Å²) in [5.74, 6) is -0.329. The molecule has 3 amide bonds. The third kappa shape index (κ3) is 6.16. The fourth-order valence-electron chi connectivity index (χ4n) is 4.62. The number of anilines is 1. The van der Waals surface area contributed by atoms with Crippen molar-refractivity contribution in [2.75, 3.05) is 52.1 Å². The van der Waals surface area contributed by atoms with Gasteiger partial charge in [-0.1, -0.05) is 18.2 Å². The van der Waals surface area contributed by atoms with Crippen molar-refractivity contribution in [1.82, 2.24) is 29.0 Å². The van der Waals surface area contributed by atoms with Gasteiger partial charge in [-0.3, -0.25) is 24.3 Å². The van der Waals surface area contributed by atoms with Crippen LogP contribution in [0.2, 0.25) is 0 Å². The Morgan fingerprint density at radius 2 is 1.75 bits per heavy atom. The largest absolute Gasteiger partial charge is 0.348 e. The van der Waals surface area contributed by atoms with E-state index in [0.29, 0.717) is 61.7 Å². The molecule has 0 bridgehead atoms. The highest BCUT2D eigenvalue weighted by molar-refractivity contribution is 7.06. The van der Waals surface area contributed by atoms with Crippen LogP contribution in [0, 0.1) is 6.92 Å². The van der Waals surface area contributed by atoms with Gasteiger partial charge in [-0.2, -0.15) is 4.37 Å². The summed E-state index contributed by atoms with van der Waals surface area (Å²) in [4.78, 5) is 54.0. The number of aromatic nitrogens is 3. The van der Waals surface area contributed by atoms with E-state index in [1.165, 1.54) is 11.5 Å². The van der Waals surface area contributed by atoms with Gasteiger partial charge in [0.05, 0.1) is 34.5 Å². The van der Waals surface area contributed by atoms with Crippen LogP contribution in [0.4, 0.5) is 5.69 Å². The number of aryl methyl sites for hydroxylation is 1. The summed E-state index contributed by atoms with van der Waals surface area (Å²) in [5, 5.41) is 2.95. The molecule has 0 radical (unpaired) electrons. The number of likely N-dealkylation sites (N-methyl/N-ethyl adjacent to an activating group) is 1. The molecule has 2 aromatic carbocycles. The lowest BCUT2D eigenvalue weighted by atomic mass is 10.1. The summed E-state index contributed by atoms with van der Waals surface area (Å²) in [6, 6.07) is 14.6. The minimum absolute atomic E-state index is 0.0487. The van der Waals surface area contributed by atoms with Gasteiger partial charge in [0.1, 0.15) is 0 Å². The van der Waals surface area contributed by atoms with Gasteiger partial charge in [0.15, 0.2) is 0 Å². The molecule has 0 atom stereocenters. The fourth-order valence-corrected chi connectivity index (χ4v) is 5.50. The molecule has 0 saturated carbocycles. The number of carbonyl (C=O) groups excluding carboxylic acids is 3. The molecule has 0 aliphatic carbocycles. The topological polar surface area (TPSA) is 112 Å². The first-order chi connectivity index (χ1) is 19.3. The predicted octanol–water partition coefficient (Wildman–Crippen LogP) is 3.08. The molecule has 206 valence electrons. The van der Waals surface area contributed by atoms with Crippen LogP contribution in [0.5, 0.6) is 0 Å². The quantitative estimate of drug-likeness (QED) is 0.372. The van der Waals surface area contributed by atoms with Crippen molar-refractivity contribution >= 4 is 46.0 Å². The van der Waals surface area contributed by atoms with E-state index in [1.54, 1.807) is 54.4 Å². The zero-order chi connectivity index (χ0) is 28.2. The van der Waals surface area contributed by atoms with Crippen LogP contribution in [0.15, 0.2) is 54.7 Å². The maximum absolute atomic E-state index is 13.4. The third-order valence-corrected chi connectivity index (χ3v) is 7.82. The molecule has 1 fully saturated rings. The third-order valence-electron chi connectivity index (χ3n) is 6.89. The van der Waals surface area contributed by atoms with E-state index in [0.717, 1.165) is 21.6 Å². The lowest BCUT2D eigenvalue weighted by Gasteiger charge is -2.34. The van der Waals surface area contributed by atoms with Gasteiger partial charge < -0.3 is 15.1 Å². The number of hydrogen-bond donors (Lipinski definition) is 1. The summed E-state index contributed by atoms with van der Waals surface area (Å²) in [6.45, 7) is 4.51. The van der Waals surface area contributed by atoms with Gasteiger partial charge in [-0.05, 0) is 48.8 Å². The highest BCUT2D eigenvalue weighted by atomic mass is 32.1. The minimum atomic E-state index is -0.279. The van der Waals surface area contributed by atoms with Crippen LogP contribution in [0.25, 0.3) is 11.0 Å². The first-order valence-corrected chi connectivity index (χ1v) is 13.8. The number of rotatable bonds is 7. The van der Waals surface area contributed by atoms with Crippen LogP contribution >= 0.6 is 11.5 Å². The van der Waals surface area contributed by atoms with Gasteiger partial charge >= 0.3 is 0 Å². The molecule has 1 aliphatic rings. The molecule has 4 aromatic rings. The number of amides is 3. The van der Waals surface area contributed by atoms with Gasteiger partial charge in [-0.25, -0.2) is 4.98 Å². The number of nitrogens with one attached hydrogen (secondary N) is 1. The van der Waals surface area contributed by atoms with Crippen LogP contribution in [-0.2, 0) is 11.2 Å². The summed E-state index contributed by atoms with van der Waals surface area (Å²) < 4.78 is 4.42. The van der Waals surface area contributed by atoms with E-state index in [4.69, 9.17) is 0 Å². The van der Waals surface area contributed by atoms with Gasteiger partial charge in [-0.15, -0.1) is 0 Å². The van der Waals surface area contributed by atoms with Crippen molar-refractivity contribution in [2.24, 2.45) is 0 Å². The number of nitrogens with zero attached hydrogens (tertiary/aromatic N) is 6. The molecule has 0 unspecified atom stereocenters. The van der Waals surface area contributed by atoms with Crippen LogP contribution in [0.1, 0.15) is 37.0 Å². The summed E-state index contributed by atoms with van der Waals surface area (Å²) in [7, 11) is 3.48. The van der Waals surface area contributed by atoms with E-state index >= 15 is 0 Å². The summed E-state index contributed by atoms with van der Waals surface area (Å²) in [5.41, 5.74) is 4.58. The Hall–Kier alpha value is -4.22. The smallest absolute Gasteiger partial charge is 0.258 e. The molecule has 10 nitrogen and oxygen atoms in total. The van der Waals surface area contributed by atoms with E-state index in [9.17, 15) is 14.4 Å². The van der Waals surface area contributed by atoms with Crippen molar-refractivity contribution in [3.8, 4) is 0 Å². The molecule has 2 aromatic heterocycles. The Labute approximate surface area is 236 Å². The Bertz CT molecular complexity index is 1560. The molecule has 1 aliphatic heterocycles. The van der Waals surface area contributed by atoms with Crippen LogP contribution in [0.3, 0.4) is 0 Å². The maximum Gasteiger partial charge on any atom is 0.258 e. The van der Waals surface area contributed by atoms with Crippen LogP contribution < -0.4 is 5.32 Å². The number of hydrogen-bond acceptors (Lipinski definition) is 8. The number of carbonyl (C=O) groups is 3. The van der Waals surface area contributed by atoms with Crippen molar-refractivity contribution in [3.63, 3.8) is 0 Å². The maximum atomic E-state index is 13.4. The Balaban J connectivity index is 1.24. The van der Waals surface area contributed by atoms with E-state index < -0.39 is 0 Å². The first kappa shape index (κ1) is 27.4. The molecule has 5 rings (SSSR count). The second-order valence-electron chi connectivity index (χ2n) is 9.98. The van der Waals surface area contributed by atoms with Crippen molar-refractivity contribution in [2.45, 2.75) is 13.3 Å². The number of fused-ring (bicyclic) bond motifs is 1. The number of benzene rings is 2.